The van der Waals surface area contributed by atoms with Gasteiger partial charge in [0.25, 0.3) is 0 Å². The first kappa shape index (κ1) is 12.9. The maximum absolute atomic E-state index is 11.1. The zero-order chi connectivity index (χ0) is 11.0. The molecule has 0 saturated heterocycles. The van der Waals surface area contributed by atoms with E-state index in [0.29, 0.717) is 13.0 Å². The molecule has 0 aromatic rings. The standard InChI is InChI=1S/C8H17N3O3/c1-2-6(9)8(13)11-3-4-14-5-7(10)12/h6H,2-5,9H2,1H3,(H2,10,12)(H,11,13)/t6-/m1/s1. The molecule has 0 rings (SSSR count). The molecule has 14 heavy (non-hydrogen) atoms. The lowest BCUT2D eigenvalue weighted by atomic mass is 10.2. The molecule has 0 saturated carbocycles. The largest absolute Gasteiger partial charge is 0.370 e. The summed E-state index contributed by atoms with van der Waals surface area (Å²) in [5.74, 6) is -0.739. The minimum Gasteiger partial charge on any atom is -0.370 e. The summed E-state index contributed by atoms with van der Waals surface area (Å²) in [4.78, 5) is 21.3. The number of amides is 2. The maximum Gasteiger partial charge on any atom is 0.243 e. The fourth-order valence-corrected chi connectivity index (χ4v) is 0.736. The van der Waals surface area contributed by atoms with Gasteiger partial charge in [0.05, 0.1) is 12.6 Å². The summed E-state index contributed by atoms with van der Waals surface area (Å²) < 4.78 is 4.83. The van der Waals surface area contributed by atoms with Gasteiger partial charge in [-0.2, -0.15) is 0 Å². The molecule has 1 atom stereocenters. The second kappa shape index (κ2) is 7.28. The van der Waals surface area contributed by atoms with Crippen LogP contribution in [0.5, 0.6) is 0 Å². The van der Waals surface area contributed by atoms with Gasteiger partial charge >= 0.3 is 0 Å². The lowest BCUT2D eigenvalue weighted by molar-refractivity contribution is -0.123. The fraction of sp³-hybridized carbons (Fsp3) is 0.750. The monoisotopic (exact) mass is 203 g/mol. The molecule has 0 spiro atoms. The van der Waals surface area contributed by atoms with Gasteiger partial charge in [0.15, 0.2) is 0 Å². The average molecular weight is 203 g/mol. The van der Waals surface area contributed by atoms with Crippen LogP contribution in [-0.4, -0.2) is 37.6 Å². The van der Waals surface area contributed by atoms with E-state index in [9.17, 15) is 9.59 Å². The molecule has 6 heteroatoms. The molecule has 0 aromatic heterocycles. The summed E-state index contributed by atoms with van der Waals surface area (Å²) >= 11 is 0. The third-order valence-corrected chi connectivity index (χ3v) is 1.57. The van der Waals surface area contributed by atoms with Crippen molar-refractivity contribution in [2.45, 2.75) is 19.4 Å². The number of ether oxygens (including phenoxy) is 1. The zero-order valence-corrected chi connectivity index (χ0v) is 8.29. The highest BCUT2D eigenvalue weighted by Crippen LogP contribution is 1.84. The van der Waals surface area contributed by atoms with Crippen molar-refractivity contribution in [1.29, 1.82) is 0 Å². The number of rotatable bonds is 7. The maximum atomic E-state index is 11.1. The zero-order valence-electron chi connectivity index (χ0n) is 8.29. The van der Waals surface area contributed by atoms with Gasteiger partial charge in [0.1, 0.15) is 6.61 Å². The van der Waals surface area contributed by atoms with Gasteiger partial charge in [-0.05, 0) is 6.42 Å². The van der Waals surface area contributed by atoms with Crippen LogP contribution in [0.2, 0.25) is 0 Å². The summed E-state index contributed by atoms with van der Waals surface area (Å²) in [6.07, 6.45) is 0.591. The van der Waals surface area contributed by atoms with Crippen molar-refractivity contribution >= 4 is 11.8 Å². The summed E-state index contributed by atoms with van der Waals surface area (Å²) in [5.41, 5.74) is 10.3. The van der Waals surface area contributed by atoms with Gasteiger partial charge in [-0.25, -0.2) is 0 Å². The normalized spacial score (nSPS) is 12.1. The SMILES string of the molecule is CC[C@@H](N)C(=O)NCCOCC(N)=O. The molecule has 0 aliphatic rings. The van der Waals surface area contributed by atoms with Gasteiger partial charge in [0, 0.05) is 6.54 Å². The molecule has 0 aliphatic carbocycles. The van der Waals surface area contributed by atoms with Crippen molar-refractivity contribution in [3.05, 3.63) is 0 Å². The van der Waals surface area contributed by atoms with Crippen LogP contribution in [0.3, 0.4) is 0 Å². The number of carbonyl (C=O) groups is 2. The molecular weight excluding hydrogens is 186 g/mol. The third-order valence-electron chi connectivity index (χ3n) is 1.57. The molecule has 0 bridgehead atoms. The van der Waals surface area contributed by atoms with E-state index in [1.807, 2.05) is 6.92 Å². The van der Waals surface area contributed by atoms with Crippen LogP contribution in [-0.2, 0) is 14.3 Å². The van der Waals surface area contributed by atoms with Crippen LogP contribution in [0.4, 0.5) is 0 Å². The van der Waals surface area contributed by atoms with Crippen LogP contribution in [0, 0.1) is 0 Å². The van der Waals surface area contributed by atoms with E-state index in [-0.39, 0.29) is 19.1 Å². The first-order chi connectivity index (χ1) is 6.57. The summed E-state index contributed by atoms with van der Waals surface area (Å²) in [6, 6.07) is -0.480. The molecule has 0 heterocycles. The number of nitrogens with one attached hydrogen (secondary N) is 1. The highest BCUT2D eigenvalue weighted by atomic mass is 16.5. The van der Waals surface area contributed by atoms with Crippen LogP contribution < -0.4 is 16.8 Å². The Hall–Kier alpha value is -1.14. The number of carbonyl (C=O) groups excluding carboxylic acids is 2. The van der Waals surface area contributed by atoms with E-state index in [1.54, 1.807) is 0 Å². The van der Waals surface area contributed by atoms with Crippen molar-refractivity contribution in [2.24, 2.45) is 11.5 Å². The molecule has 6 nitrogen and oxygen atoms in total. The molecule has 82 valence electrons. The molecular formula is C8H17N3O3. The quantitative estimate of drug-likeness (QED) is 0.430. The Morgan fingerprint density at radius 3 is 2.64 bits per heavy atom. The Morgan fingerprint density at radius 2 is 2.14 bits per heavy atom. The lowest BCUT2D eigenvalue weighted by Gasteiger charge is -2.09. The number of nitrogens with two attached hydrogens (primary N) is 2. The van der Waals surface area contributed by atoms with Crippen molar-refractivity contribution in [2.75, 3.05) is 19.8 Å². The van der Waals surface area contributed by atoms with Gasteiger partial charge in [-0.3, -0.25) is 9.59 Å². The van der Waals surface area contributed by atoms with Gasteiger partial charge in [-0.1, -0.05) is 6.92 Å². The van der Waals surface area contributed by atoms with Crippen molar-refractivity contribution in [1.82, 2.24) is 5.32 Å². The molecule has 0 unspecified atom stereocenters. The van der Waals surface area contributed by atoms with E-state index >= 15 is 0 Å². The average Bonchev–Trinajstić information content (AvgIpc) is 2.15. The van der Waals surface area contributed by atoms with Gasteiger partial charge in [-0.15, -0.1) is 0 Å². The van der Waals surface area contributed by atoms with Crippen LogP contribution in [0.25, 0.3) is 0 Å². The summed E-state index contributed by atoms with van der Waals surface area (Å²) in [5, 5.41) is 2.57. The number of primary amides is 1. The lowest BCUT2D eigenvalue weighted by Crippen LogP contribution is -2.41. The van der Waals surface area contributed by atoms with Crippen molar-refractivity contribution < 1.29 is 14.3 Å². The second-order valence-corrected chi connectivity index (χ2v) is 2.82. The Balaban J connectivity index is 3.36. The second-order valence-electron chi connectivity index (χ2n) is 2.82. The van der Waals surface area contributed by atoms with E-state index in [4.69, 9.17) is 16.2 Å². The number of hydrogen-bond donors (Lipinski definition) is 3. The Labute approximate surface area is 83.0 Å². The minimum atomic E-state index is -0.526. The smallest absolute Gasteiger partial charge is 0.243 e. The number of hydrogen-bond acceptors (Lipinski definition) is 4. The Bertz CT molecular complexity index is 196. The predicted octanol–water partition coefficient (Wildman–Crippen LogP) is -1.66. The first-order valence-electron chi connectivity index (χ1n) is 4.47. The van der Waals surface area contributed by atoms with E-state index in [0.717, 1.165) is 0 Å². The predicted molar refractivity (Wildman–Crippen MR) is 51.3 cm³/mol. The van der Waals surface area contributed by atoms with Crippen LogP contribution in [0.1, 0.15) is 13.3 Å². The molecule has 5 N–H and O–H groups in total. The van der Waals surface area contributed by atoms with Crippen molar-refractivity contribution in [3.63, 3.8) is 0 Å². The molecule has 2 amide bonds. The van der Waals surface area contributed by atoms with E-state index in [1.165, 1.54) is 0 Å². The van der Waals surface area contributed by atoms with Gasteiger partial charge < -0.3 is 21.5 Å². The Kier molecular flexibility index (Phi) is 6.69. The topological polar surface area (TPSA) is 107 Å². The summed E-state index contributed by atoms with van der Waals surface area (Å²) in [7, 11) is 0. The molecule has 0 fully saturated rings. The van der Waals surface area contributed by atoms with Crippen LogP contribution in [0.15, 0.2) is 0 Å². The molecule has 0 radical (unpaired) electrons. The molecule has 0 aliphatic heterocycles. The fourth-order valence-electron chi connectivity index (χ4n) is 0.736. The van der Waals surface area contributed by atoms with E-state index < -0.39 is 11.9 Å². The van der Waals surface area contributed by atoms with Gasteiger partial charge in [0.2, 0.25) is 11.8 Å². The summed E-state index contributed by atoms with van der Waals surface area (Å²) in [6.45, 7) is 2.29. The third kappa shape index (κ3) is 6.38. The highest BCUT2D eigenvalue weighted by Gasteiger charge is 2.09. The first-order valence-corrected chi connectivity index (χ1v) is 4.47. The Morgan fingerprint density at radius 1 is 1.50 bits per heavy atom. The molecule has 0 aromatic carbocycles. The van der Waals surface area contributed by atoms with Crippen LogP contribution >= 0.6 is 0 Å². The highest BCUT2D eigenvalue weighted by molar-refractivity contribution is 5.81. The van der Waals surface area contributed by atoms with Crippen molar-refractivity contribution in [3.8, 4) is 0 Å². The van der Waals surface area contributed by atoms with E-state index in [2.05, 4.69) is 5.32 Å². The minimum absolute atomic E-state index is 0.129.